The molecule has 3 rings (SSSR count). The minimum absolute atomic E-state index is 0.346. The van der Waals surface area contributed by atoms with Gasteiger partial charge in [0.05, 0.1) is 20.3 Å². The summed E-state index contributed by atoms with van der Waals surface area (Å²) < 4.78 is 6.26. The molecule has 96 valence electrons. The zero-order valence-corrected chi connectivity index (χ0v) is 12.6. The van der Waals surface area contributed by atoms with Crippen LogP contribution in [0.2, 0.25) is 19.6 Å². The van der Waals surface area contributed by atoms with Crippen LogP contribution in [0.3, 0.4) is 0 Å². The van der Waals surface area contributed by atoms with Gasteiger partial charge in [-0.2, -0.15) is 0 Å². The van der Waals surface area contributed by atoms with E-state index >= 15 is 0 Å². The second-order valence-corrected chi connectivity index (χ2v) is 11.7. The molecule has 2 aliphatic rings. The first-order valence-electron chi connectivity index (χ1n) is 6.98. The van der Waals surface area contributed by atoms with Crippen molar-refractivity contribution in [2.75, 3.05) is 0 Å². The summed E-state index contributed by atoms with van der Waals surface area (Å²) in [7, 11) is -1.13. The highest BCUT2D eigenvalue weighted by atomic mass is 28.3. The van der Waals surface area contributed by atoms with E-state index < -0.39 is 8.07 Å². The van der Waals surface area contributed by atoms with Crippen LogP contribution in [0.4, 0.5) is 0 Å². The van der Waals surface area contributed by atoms with Gasteiger partial charge in [-0.15, -0.1) is 0 Å². The first-order chi connectivity index (χ1) is 8.53. The lowest BCUT2D eigenvalue weighted by Gasteiger charge is -2.39. The van der Waals surface area contributed by atoms with Crippen molar-refractivity contribution in [2.24, 2.45) is 0 Å². The fourth-order valence-corrected chi connectivity index (χ4v) is 4.62. The summed E-state index contributed by atoms with van der Waals surface area (Å²) >= 11 is 0. The molecule has 0 unspecified atom stereocenters. The van der Waals surface area contributed by atoms with Crippen molar-refractivity contribution in [3.05, 3.63) is 46.7 Å². The number of hydrogen-bond acceptors (Lipinski definition) is 1. The van der Waals surface area contributed by atoms with Crippen LogP contribution in [0.1, 0.15) is 30.1 Å². The van der Waals surface area contributed by atoms with Crippen LogP contribution in [0.15, 0.2) is 35.5 Å². The first-order valence-corrected chi connectivity index (χ1v) is 10.6. The fourth-order valence-electron chi connectivity index (χ4n) is 3.18. The van der Waals surface area contributed by atoms with Crippen LogP contribution < -0.4 is 0 Å². The van der Waals surface area contributed by atoms with Crippen LogP contribution in [-0.4, -0.2) is 14.2 Å². The molecule has 1 aromatic rings. The van der Waals surface area contributed by atoms with Crippen LogP contribution in [0.5, 0.6) is 0 Å². The van der Waals surface area contributed by atoms with Crippen LogP contribution in [0.25, 0.3) is 0 Å². The summed E-state index contributed by atoms with van der Waals surface area (Å²) in [6.07, 6.45) is 4.16. The Bertz CT molecular complexity index is 484. The van der Waals surface area contributed by atoms with Crippen molar-refractivity contribution in [2.45, 2.75) is 51.1 Å². The predicted octanol–water partition coefficient (Wildman–Crippen LogP) is 4.27. The number of rotatable bonds is 1. The molecule has 2 aliphatic heterocycles. The summed E-state index contributed by atoms with van der Waals surface area (Å²) in [4.78, 5) is 0. The van der Waals surface area contributed by atoms with E-state index in [1.165, 1.54) is 17.5 Å². The van der Waals surface area contributed by atoms with Crippen molar-refractivity contribution >= 4 is 8.07 Å². The van der Waals surface area contributed by atoms with Gasteiger partial charge in [0.25, 0.3) is 0 Å². The summed E-state index contributed by atoms with van der Waals surface area (Å²) in [6, 6.07) is 8.80. The summed E-state index contributed by atoms with van der Waals surface area (Å²) in [5.74, 6) is 0. The fraction of sp³-hybridized carbons (Fsp3) is 0.500. The highest BCUT2D eigenvalue weighted by Crippen LogP contribution is 2.41. The Kier molecular flexibility index (Phi) is 2.95. The van der Waals surface area contributed by atoms with Crippen LogP contribution >= 0.6 is 0 Å². The van der Waals surface area contributed by atoms with Crippen molar-refractivity contribution in [1.82, 2.24) is 0 Å². The lowest BCUT2D eigenvalue weighted by atomic mass is 9.84. The second kappa shape index (κ2) is 4.36. The van der Waals surface area contributed by atoms with Gasteiger partial charge in [0.2, 0.25) is 0 Å². The molecular weight excluding hydrogens is 236 g/mol. The Hall–Kier alpha value is -0.863. The quantitative estimate of drug-likeness (QED) is 0.684. The maximum absolute atomic E-state index is 6.26. The van der Waals surface area contributed by atoms with Gasteiger partial charge >= 0.3 is 0 Å². The molecular formula is C16H22OSi. The molecule has 2 heterocycles. The molecule has 0 saturated carbocycles. The van der Waals surface area contributed by atoms with E-state index in [0.717, 1.165) is 12.8 Å². The molecule has 0 radical (unpaired) electrons. The first kappa shape index (κ1) is 12.2. The van der Waals surface area contributed by atoms with E-state index in [1.54, 1.807) is 5.57 Å². The summed E-state index contributed by atoms with van der Waals surface area (Å²) in [6.45, 7) is 7.22. The van der Waals surface area contributed by atoms with Crippen LogP contribution in [0, 0.1) is 0 Å². The maximum Gasteiger partial charge on any atom is 0.0839 e. The number of hydrogen-bond donors (Lipinski definition) is 0. The Morgan fingerprint density at radius 1 is 1.17 bits per heavy atom. The average molecular weight is 258 g/mol. The van der Waals surface area contributed by atoms with Crippen molar-refractivity contribution < 1.29 is 4.74 Å². The Morgan fingerprint density at radius 3 is 2.72 bits per heavy atom. The maximum atomic E-state index is 6.26. The van der Waals surface area contributed by atoms with E-state index in [9.17, 15) is 0 Å². The molecule has 0 aliphatic carbocycles. The number of ether oxygens (including phenoxy) is 1. The molecule has 0 spiro atoms. The third-order valence-electron chi connectivity index (χ3n) is 3.86. The summed E-state index contributed by atoms with van der Waals surface area (Å²) in [5, 5.41) is 0. The second-order valence-electron chi connectivity index (χ2n) is 6.64. The third kappa shape index (κ3) is 2.32. The van der Waals surface area contributed by atoms with E-state index in [-0.39, 0.29) is 0 Å². The zero-order valence-electron chi connectivity index (χ0n) is 11.6. The standard InChI is InChI=1S/C16H22OSi/c1-18(2,3)11-13-8-9-15-14-7-5-4-6-12(14)10-16(13)17-15/h4-7,11,15-16H,8-10H2,1-3H3/b13-11-/t15-,16-/m0/s1. The largest absolute Gasteiger partial charge is 0.366 e. The minimum atomic E-state index is -1.13. The van der Waals surface area contributed by atoms with Gasteiger partial charge in [-0.05, 0) is 29.5 Å². The van der Waals surface area contributed by atoms with Gasteiger partial charge in [-0.3, -0.25) is 0 Å². The molecule has 1 aromatic carbocycles. The zero-order chi connectivity index (χ0) is 12.8. The SMILES string of the molecule is C[Si](C)(C)/C=C1/CC[C@@H]2O[C@H]1Cc1ccccc12. The predicted molar refractivity (Wildman–Crippen MR) is 78.4 cm³/mol. The highest BCUT2D eigenvalue weighted by Gasteiger charge is 2.34. The number of fused-ring (bicyclic) bond motifs is 4. The van der Waals surface area contributed by atoms with Crippen molar-refractivity contribution in [1.29, 1.82) is 0 Å². The molecule has 1 saturated heterocycles. The average Bonchev–Trinajstić information content (AvgIpc) is 2.31. The smallest absolute Gasteiger partial charge is 0.0839 e. The van der Waals surface area contributed by atoms with E-state index in [2.05, 4.69) is 49.6 Å². The van der Waals surface area contributed by atoms with E-state index in [1.807, 2.05) is 0 Å². The Balaban J connectivity index is 1.92. The third-order valence-corrected chi connectivity index (χ3v) is 5.10. The minimum Gasteiger partial charge on any atom is -0.366 e. The van der Waals surface area contributed by atoms with Crippen molar-refractivity contribution in [3.8, 4) is 0 Å². The molecule has 18 heavy (non-hydrogen) atoms. The Labute approximate surface area is 111 Å². The van der Waals surface area contributed by atoms with Gasteiger partial charge in [-0.1, -0.05) is 49.6 Å². The molecule has 0 amide bonds. The molecule has 0 N–H and O–H groups in total. The highest BCUT2D eigenvalue weighted by molar-refractivity contribution is 6.81. The molecule has 1 fully saturated rings. The molecule has 2 atom stereocenters. The van der Waals surface area contributed by atoms with Gasteiger partial charge in [-0.25, -0.2) is 0 Å². The summed E-state index contributed by atoms with van der Waals surface area (Å²) in [5.41, 5.74) is 7.06. The molecule has 1 nitrogen and oxygen atoms in total. The topological polar surface area (TPSA) is 9.23 Å². The van der Waals surface area contributed by atoms with Gasteiger partial charge in [0.15, 0.2) is 0 Å². The normalized spacial score (nSPS) is 29.2. The lowest BCUT2D eigenvalue weighted by Crippen LogP contribution is -2.34. The number of benzene rings is 1. The molecule has 0 aromatic heterocycles. The van der Waals surface area contributed by atoms with Crippen molar-refractivity contribution in [3.63, 3.8) is 0 Å². The van der Waals surface area contributed by atoms with Gasteiger partial charge in [0.1, 0.15) is 0 Å². The van der Waals surface area contributed by atoms with Gasteiger partial charge in [0, 0.05) is 6.42 Å². The monoisotopic (exact) mass is 258 g/mol. The lowest BCUT2D eigenvalue weighted by molar-refractivity contribution is -0.0317. The molecule has 2 bridgehead atoms. The van der Waals surface area contributed by atoms with Crippen LogP contribution in [-0.2, 0) is 11.2 Å². The Morgan fingerprint density at radius 2 is 1.94 bits per heavy atom. The molecule has 2 heteroatoms. The van der Waals surface area contributed by atoms with E-state index in [0.29, 0.717) is 12.2 Å². The van der Waals surface area contributed by atoms with Gasteiger partial charge < -0.3 is 4.74 Å². The van der Waals surface area contributed by atoms with E-state index in [4.69, 9.17) is 4.74 Å².